The molecule has 0 radical (unpaired) electrons. The van der Waals surface area contributed by atoms with E-state index < -0.39 is 10.0 Å². The molecular formula is C12H14BrN3O3S. The zero-order valence-corrected chi connectivity index (χ0v) is 13.4. The summed E-state index contributed by atoms with van der Waals surface area (Å²) < 4.78 is 32.9. The first-order valence-electron chi connectivity index (χ1n) is 5.87. The third-order valence-electron chi connectivity index (χ3n) is 2.67. The van der Waals surface area contributed by atoms with Crippen molar-refractivity contribution >= 4 is 31.8 Å². The molecule has 0 atom stereocenters. The number of anilines is 1. The molecule has 0 saturated heterocycles. The van der Waals surface area contributed by atoms with Crippen LogP contribution >= 0.6 is 15.9 Å². The van der Waals surface area contributed by atoms with E-state index in [9.17, 15) is 8.42 Å². The number of rotatable bonds is 5. The average molecular weight is 360 g/mol. The normalized spacial score (nSPS) is 11.3. The third-order valence-corrected chi connectivity index (χ3v) is 4.54. The Morgan fingerprint density at radius 2 is 2.15 bits per heavy atom. The van der Waals surface area contributed by atoms with Crippen molar-refractivity contribution in [2.75, 3.05) is 11.8 Å². The van der Waals surface area contributed by atoms with Crippen LogP contribution in [0, 0.1) is 0 Å². The van der Waals surface area contributed by atoms with E-state index in [0.717, 1.165) is 12.1 Å². The molecule has 2 N–H and O–H groups in total. The van der Waals surface area contributed by atoms with Gasteiger partial charge in [0.25, 0.3) is 10.0 Å². The molecule has 0 fully saturated rings. The van der Waals surface area contributed by atoms with Crippen LogP contribution in [0.1, 0.15) is 12.6 Å². The van der Waals surface area contributed by atoms with E-state index >= 15 is 0 Å². The highest BCUT2D eigenvalue weighted by Gasteiger charge is 2.21. The van der Waals surface area contributed by atoms with Crippen LogP contribution in [-0.4, -0.2) is 25.7 Å². The maximum absolute atomic E-state index is 12.4. The Morgan fingerprint density at radius 3 is 2.75 bits per heavy atom. The van der Waals surface area contributed by atoms with Crippen LogP contribution in [0.2, 0.25) is 0 Å². The first-order chi connectivity index (χ1) is 9.46. The standard InChI is InChI=1S/C12H14BrN3O3S/c1-3-9-7-12(15-14-9)16-20(17,18)11-6-8(13)4-5-10(11)19-2/h4-7H,3H2,1-2H3,(H2,14,15,16). The molecule has 8 heteroatoms. The molecule has 1 aromatic carbocycles. The van der Waals surface area contributed by atoms with Gasteiger partial charge in [0.05, 0.1) is 7.11 Å². The highest BCUT2D eigenvalue weighted by atomic mass is 79.9. The molecule has 108 valence electrons. The second kappa shape index (κ2) is 5.84. The minimum absolute atomic E-state index is 0.0513. The summed E-state index contributed by atoms with van der Waals surface area (Å²) >= 11 is 3.25. The van der Waals surface area contributed by atoms with Crippen molar-refractivity contribution in [3.05, 3.63) is 34.4 Å². The number of benzene rings is 1. The van der Waals surface area contributed by atoms with Gasteiger partial charge in [0.1, 0.15) is 10.6 Å². The maximum Gasteiger partial charge on any atom is 0.266 e. The lowest BCUT2D eigenvalue weighted by Crippen LogP contribution is -2.14. The molecule has 0 aliphatic carbocycles. The van der Waals surface area contributed by atoms with E-state index in [1.165, 1.54) is 13.2 Å². The van der Waals surface area contributed by atoms with E-state index in [-0.39, 0.29) is 16.5 Å². The molecule has 1 aromatic heterocycles. The molecule has 20 heavy (non-hydrogen) atoms. The van der Waals surface area contributed by atoms with Gasteiger partial charge in [-0.2, -0.15) is 5.10 Å². The number of nitrogens with zero attached hydrogens (tertiary/aromatic N) is 1. The Balaban J connectivity index is 2.37. The highest BCUT2D eigenvalue weighted by molar-refractivity contribution is 9.10. The fourth-order valence-electron chi connectivity index (χ4n) is 1.65. The zero-order valence-electron chi connectivity index (χ0n) is 11.0. The number of H-pyrrole nitrogens is 1. The highest BCUT2D eigenvalue weighted by Crippen LogP contribution is 2.28. The van der Waals surface area contributed by atoms with Gasteiger partial charge >= 0.3 is 0 Å². The van der Waals surface area contributed by atoms with Crippen molar-refractivity contribution in [3.63, 3.8) is 0 Å². The number of ether oxygens (including phenoxy) is 1. The summed E-state index contributed by atoms with van der Waals surface area (Å²) in [5.74, 6) is 0.524. The lowest BCUT2D eigenvalue weighted by Gasteiger charge is -2.10. The van der Waals surface area contributed by atoms with Crippen LogP contribution in [0.4, 0.5) is 5.82 Å². The maximum atomic E-state index is 12.4. The van der Waals surface area contributed by atoms with E-state index in [1.807, 2.05) is 6.92 Å². The Hall–Kier alpha value is -1.54. The van der Waals surface area contributed by atoms with Crippen molar-refractivity contribution in [2.45, 2.75) is 18.2 Å². The molecule has 2 rings (SSSR count). The molecule has 2 aromatic rings. The second-order valence-corrected chi connectivity index (χ2v) is 6.60. The van der Waals surface area contributed by atoms with E-state index in [4.69, 9.17) is 4.74 Å². The van der Waals surface area contributed by atoms with Crippen molar-refractivity contribution < 1.29 is 13.2 Å². The van der Waals surface area contributed by atoms with Crippen LogP contribution in [-0.2, 0) is 16.4 Å². The number of methoxy groups -OCH3 is 1. The molecule has 0 spiro atoms. The molecular weight excluding hydrogens is 346 g/mol. The SMILES string of the molecule is CCc1cc(NS(=O)(=O)c2cc(Br)ccc2OC)n[nH]1. The predicted octanol–water partition coefficient (Wildman–Crippen LogP) is 2.54. The third kappa shape index (κ3) is 3.13. The van der Waals surface area contributed by atoms with Crippen molar-refractivity contribution in [3.8, 4) is 5.75 Å². The topological polar surface area (TPSA) is 84.1 Å². The number of aryl methyl sites for hydroxylation is 1. The summed E-state index contributed by atoms with van der Waals surface area (Å²) in [4.78, 5) is 0.0513. The Kier molecular flexibility index (Phi) is 4.34. The van der Waals surface area contributed by atoms with Crippen molar-refractivity contribution in [2.24, 2.45) is 0 Å². The largest absolute Gasteiger partial charge is 0.495 e. The lowest BCUT2D eigenvalue weighted by atomic mass is 10.3. The fraction of sp³-hybridized carbons (Fsp3) is 0.250. The average Bonchev–Trinajstić information content (AvgIpc) is 2.85. The van der Waals surface area contributed by atoms with Gasteiger partial charge in [0, 0.05) is 16.2 Å². The molecule has 0 saturated carbocycles. The van der Waals surface area contributed by atoms with Crippen LogP contribution in [0.25, 0.3) is 0 Å². The molecule has 1 heterocycles. The quantitative estimate of drug-likeness (QED) is 0.858. The summed E-state index contributed by atoms with van der Waals surface area (Å²) in [5, 5.41) is 6.66. The first kappa shape index (κ1) is 14.9. The number of aromatic nitrogens is 2. The van der Waals surface area contributed by atoms with E-state index in [2.05, 4.69) is 30.8 Å². The number of hydrogen-bond acceptors (Lipinski definition) is 4. The van der Waals surface area contributed by atoms with Crippen LogP contribution in [0.3, 0.4) is 0 Å². The summed E-state index contributed by atoms with van der Waals surface area (Å²) in [6.07, 6.45) is 0.745. The summed E-state index contributed by atoms with van der Waals surface area (Å²) in [7, 11) is -2.34. The number of halogens is 1. The van der Waals surface area contributed by atoms with Gasteiger partial charge in [-0.15, -0.1) is 0 Å². The Labute approximate surface area is 125 Å². The summed E-state index contributed by atoms with van der Waals surface area (Å²) in [6, 6.07) is 6.43. The van der Waals surface area contributed by atoms with Gasteiger partial charge in [-0.25, -0.2) is 8.42 Å². The van der Waals surface area contributed by atoms with Crippen molar-refractivity contribution in [1.29, 1.82) is 0 Å². The number of aromatic amines is 1. The molecule has 0 bridgehead atoms. The van der Waals surface area contributed by atoms with Crippen LogP contribution < -0.4 is 9.46 Å². The predicted molar refractivity (Wildman–Crippen MR) is 79.5 cm³/mol. The Morgan fingerprint density at radius 1 is 1.40 bits per heavy atom. The van der Waals surface area contributed by atoms with Gasteiger partial charge in [0.2, 0.25) is 0 Å². The lowest BCUT2D eigenvalue weighted by molar-refractivity contribution is 0.403. The number of sulfonamides is 1. The number of nitrogens with one attached hydrogen (secondary N) is 2. The molecule has 6 nitrogen and oxygen atoms in total. The zero-order chi connectivity index (χ0) is 14.8. The van der Waals surface area contributed by atoms with Crippen LogP contribution in [0.15, 0.2) is 33.6 Å². The first-order valence-corrected chi connectivity index (χ1v) is 8.14. The van der Waals surface area contributed by atoms with Crippen molar-refractivity contribution in [1.82, 2.24) is 10.2 Å². The smallest absolute Gasteiger partial charge is 0.266 e. The van der Waals surface area contributed by atoms with Gasteiger partial charge in [0.15, 0.2) is 5.82 Å². The summed E-state index contributed by atoms with van der Waals surface area (Å²) in [5.41, 5.74) is 0.851. The summed E-state index contributed by atoms with van der Waals surface area (Å²) in [6.45, 7) is 1.95. The molecule has 0 unspecified atom stereocenters. The minimum Gasteiger partial charge on any atom is -0.495 e. The second-order valence-electron chi connectivity index (χ2n) is 4.03. The Bertz CT molecular complexity index is 712. The van der Waals surface area contributed by atoms with Crippen LogP contribution in [0.5, 0.6) is 5.75 Å². The number of hydrogen-bond donors (Lipinski definition) is 2. The molecule has 0 aliphatic rings. The minimum atomic E-state index is -3.76. The van der Waals surface area contributed by atoms with E-state index in [1.54, 1.807) is 18.2 Å². The molecule has 0 amide bonds. The van der Waals surface area contributed by atoms with Gasteiger partial charge in [-0.3, -0.25) is 9.82 Å². The monoisotopic (exact) mass is 359 g/mol. The van der Waals surface area contributed by atoms with Gasteiger partial charge < -0.3 is 4.74 Å². The van der Waals surface area contributed by atoms with Gasteiger partial charge in [-0.05, 0) is 24.6 Å². The fourth-order valence-corrected chi connectivity index (χ4v) is 3.35. The van der Waals surface area contributed by atoms with Gasteiger partial charge in [-0.1, -0.05) is 22.9 Å². The van der Waals surface area contributed by atoms with E-state index in [0.29, 0.717) is 4.47 Å². The molecule has 0 aliphatic heterocycles.